The minimum absolute atomic E-state index is 0. The molecule has 1 N–H and O–H groups in total. The number of hydrogen-bond donors (Lipinski definition) is 1. The third-order valence-electron chi connectivity index (χ3n) is 7.64. The Morgan fingerprint density at radius 3 is 2.31 bits per heavy atom. The van der Waals surface area contributed by atoms with E-state index in [2.05, 4.69) is 56.0 Å². The molecule has 3 aliphatic carbocycles. The van der Waals surface area contributed by atoms with E-state index in [1.165, 1.54) is 5.69 Å². The van der Waals surface area contributed by atoms with Gasteiger partial charge in [-0.1, -0.05) is 0 Å². The fraction of sp³-hybridized carbons (Fsp3) is 0.480. The minimum atomic E-state index is 0. The lowest BCUT2D eigenvalue weighted by molar-refractivity contribution is -0.0870. The van der Waals surface area contributed by atoms with Crippen LogP contribution in [0, 0.1) is 5.92 Å². The normalized spacial score (nSPS) is 22.9. The van der Waals surface area contributed by atoms with Crippen molar-refractivity contribution in [3.05, 3.63) is 42.2 Å². The predicted molar refractivity (Wildman–Crippen MR) is 133 cm³/mol. The number of likely N-dealkylation sites (N-methyl/N-ethyl adjacent to an activating group) is 1. The van der Waals surface area contributed by atoms with E-state index in [4.69, 9.17) is 4.98 Å². The van der Waals surface area contributed by atoms with Crippen LogP contribution in [0.15, 0.2) is 36.5 Å². The third-order valence-corrected chi connectivity index (χ3v) is 7.64. The van der Waals surface area contributed by atoms with Gasteiger partial charge < -0.3 is 49.4 Å². The molecule has 4 fully saturated rings. The summed E-state index contributed by atoms with van der Waals surface area (Å²) in [5, 5.41) is 4.28. The fourth-order valence-corrected chi connectivity index (χ4v) is 5.57. The second-order valence-electron chi connectivity index (χ2n) is 10.2. The van der Waals surface area contributed by atoms with Crippen LogP contribution < -0.4 is 35.0 Å². The standard InChI is InChI=1S/C25H31N7O.2ClH/c1-29(2)23(33)21-12-18-16-26-24(28-22(18)32(21)25-13-17(14-25)15-25)27-19-4-6-20(7-5-19)31-10-8-30(3)9-11-31;;/h4-7,12,16-17H,8-11,13-15H2,1-3H3,(H,26,27,28);2*1H. The molecule has 0 unspecified atom stereocenters. The third kappa shape index (κ3) is 4.32. The van der Waals surface area contributed by atoms with Crippen molar-refractivity contribution in [1.29, 1.82) is 0 Å². The van der Waals surface area contributed by atoms with Gasteiger partial charge >= 0.3 is 2.85 Å². The lowest BCUT2D eigenvalue weighted by Gasteiger charge is -2.62. The second-order valence-corrected chi connectivity index (χ2v) is 10.2. The maximum absolute atomic E-state index is 12.9. The zero-order valence-electron chi connectivity index (χ0n) is 22.3. The van der Waals surface area contributed by atoms with Crippen LogP contribution in [0.2, 0.25) is 0 Å². The molecule has 1 aromatic carbocycles. The number of fused-ring (bicyclic) bond motifs is 1. The molecule has 3 heterocycles. The van der Waals surface area contributed by atoms with Crippen molar-refractivity contribution in [3.63, 3.8) is 0 Å². The van der Waals surface area contributed by atoms with Crippen molar-refractivity contribution >= 4 is 34.3 Å². The number of rotatable bonds is 5. The Hall–Kier alpha value is -2.55. The van der Waals surface area contributed by atoms with Gasteiger partial charge in [0.2, 0.25) is 5.95 Å². The summed E-state index contributed by atoms with van der Waals surface area (Å²) in [6.45, 7) is 4.29. The summed E-state index contributed by atoms with van der Waals surface area (Å²) in [6.07, 6.45) is 5.26. The number of nitrogens with one attached hydrogen (secondary N) is 1. The average molecular weight is 518 g/mol. The molecule has 1 aliphatic heterocycles. The van der Waals surface area contributed by atoms with E-state index in [0.717, 1.165) is 73.8 Å². The van der Waals surface area contributed by atoms with E-state index >= 15 is 0 Å². The SMILES string of the molecule is CN1CCN(c2ccc(Nc3ncc4cc(C(=O)N(C)C)n(C56CC(C5)C6)c4n3)cc2)CC1.[Cl-].[Cl-].[H+].[H+]. The van der Waals surface area contributed by atoms with E-state index in [1.54, 1.807) is 19.0 Å². The van der Waals surface area contributed by atoms with Gasteiger partial charge in [0.1, 0.15) is 11.3 Å². The average Bonchev–Trinajstić information content (AvgIpc) is 3.11. The van der Waals surface area contributed by atoms with Crippen LogP contribution in [0.3, 0.4) is 0 Å². The van der Waals surface area contributed by atoms with Gasteiger partial charge in [0.05, 0.1) is 0 Å². The first kappa shape index (κ1) is 25.5. The van der Waals surface area contributed by atoms with Gasteiger partial charge in [-0.05, 0) is 62.6 Å². The van der Waals surface area contributed by atoms with E-state index in [9.17, 15) is 4.79 Å². The number of hydrogen-bond acceptors (Lipinski definition) is 6. The highest BCUT2D eigenvalue weighted by atomic mass is 35.5. The number of anilines is 3. The number of benzene rings is 1. The molecule has 0 atom stereocenters. The molecule has 0 spiro atoms. The molecule has 188 valence electrons. The van der Waals surface area contributed by atoms with Crippen molar-refractivity contribution in [1.82, 2.24) is 24.3 Å². The molecule has 8 nitrogen and oxygen atoms in total. The highest BCUT2D eigenvalue weighted by molar-refractivity contribution is 5.98. The Morgan fingerprint density at radius 2 is 1.74 bits per heavy atom. The van der Waals surface area contributed by atoms with Crippen molar-refractivity contribution in [2.75, 3.05) is 57.5 Å². The summed E-state index contributed by atoms with van der Waals surface area (Å²) >= 11 is 0. The number of nitrogens with zero attached hydrogens (tertiary/aromatic N) is 6. The van der Waals surface area contributed by atoms with E-state index < -0.39 is 0 Å². The summed E-state index contributed by atoms with van der Waals surface area (Å²) in [4.78, 5) is 28.8. The van der Waals surface area contributed by atoms with Crippen molar-refractivity contribution in [2.45, 2.75) is 24.8 Å². The summed E-state index contributed by atoms with van der Waals surface area (Å²) in [7, 11) is 5.78. The van der Waals surface area contributed by atoms with Gasteiger partial charge in [-0.25, -0.2) is 4.98 Å². The number of piperazine rings is 1. The summed E-state index contributed by atoms with van der Waals surface area (Å²) in [6, 6.07) is 10.4. The zero-order valence-corrected chi connectivity index (χ0v) is 21.9. The molecule has 3 aromatic rings. The minimum Gasteiger partial charge on any atom is -1.00 e. The molecule has 0 radical (unpaired) electrons. The number of aromatic nitrogens is 3. The lowest BCUT2D eigenvalue weighted by Crippen LogP contribution is -3.00. The number of carbonyl (C=O) groups excluding carboxylic acids is 1. The molecule has 2 aromatic heterocycles. The lowest BCUT2D eigenvalue weighted by atomic mass is 9.49. The maximum atomic E-state index is 12.9. The Morgan fingerprint density at radius 1 is 1.09 bits per heavy atom. The maximum Gasteiger partial charge on any atom is 1.00 e. The van der Waals surface area contributed by atoms with Gasteiger partial charge in [-0.3, -0.25) is 4.79 Å². The number of carbonyl (C=O) groups is 1. The van der Waals surface area contributed by atoms with E-state index in [1.807, 2.05) is 12.3 Å². The molecular weight excluding hydrogens is 485 g/mol. The first-order valence-corrected chi connectivity index (χ1v) is 11.8. The molecule has 1 saturated heterocycles. The van der Waals surface area contributed by atoms with E-state index in [-0.39, 0.29) is 39.1 Å². The smallest absolute Gasteiger partial charge is 1.00 e. The Balaban J connectivity index is 0.00000120. The van der Waals surface area contributed by atoms with Crippen LogP contribution in [-0.4, -0.2) is 77.6 Å². The summed E-state index contributed by atoms with van der Waals surface area (Å²) in [5.41, 5.74) is 3.83. The Bertz CT molecular complexity index is 1210. The number of amides is 1. The van der Waals surface area contributed by atoms with Crippen LogP contribution in [0.25, 0.3) is 11.0 Å². The largest absolute Gasteiger partial charge is 1.00 e. The highest BCUT2D eigenvalue weighted by Crippen LogP contribution is 2.63. The van der Waals surface area contributed by atoms with E-state index in [0.29, 0.717) is 5.95 Å². The van der Waals surface area contributed by atoms with Gasteiger partial charge in [0, 0.05) is 68.8 Å². The van der Waals surface area contributed by atoms with Crippen LogP contribution >= 0.6 is 0 Å². The molecule has 3 saturated carbocycles. The fourth-order valence-electron chi connectivity index (χ4n) is 5.57. The molecule has 35 heavy (non-hydrogen) atoms. The molecule has 4 aliphatic rings. The molecule has 1 amide bonds. The van der Waals surface area contributed by atoms with Gasteiger partial charge in [0.25, 0.3) is 5.91 Å². The van der Waals surface area contributed by atoms with Gasteiger partial charge in [-0.15, -0.1) is 0 Å². The van der Waals surface area contributed by atoms with Gasteiger partial charge in [-0.2, -0.15) is 4.98 Å². The first-order chi connectivity index (χ1) is 15.9. The Kier molecular flexibility index (Phi) is 6.92. The Labute approximate surface area is 221 Å². The topological polar surface area (TPSA) is 69.5 Å². The van der Waals surface area contributed by atoms with Crippen LogP contribution in [0.4, 0.5) is 17.3 Å². The quantitative estimate of drug-likeness (QED) is 0.399. The summed E-state index contributed by atoms with van der Waals surface area (Å²) in [5.74, 6) is 1.39. The monoisotopic (exact) mass is 517 g/mol. The summed E-state index contributed by atoms with van der Waals surface area (Å²) < 4.78 is 2.20. The van der Waals surface area contributed by atoms with Crippen molar-refractivity contribution < 1.29 is 32.5 Å². The predicted octanol–water partition coefficient (Wildman–Crippen LogP) is -2.63. The highest BCUT2D eigenvalue weighted by Gasteiger charge is 2.59. The molecule has 10 heteroatoms. The second kappa shape index (κ2) is 9.48. The molecule has 2 bridgehead atoms. The van der Waals surface area contributed by atoms with Crippen LogP contribution in [-0.2, 0) is 5.54 Å². The zero-order chi connectivity index (χ0) is 22.7. The number of halogens is 2. The van der Waals surface area contributed by atoms with Crippen LogP contribution in [0.1, 0.15) is 32.6 Å². The van der Waals surface area contributed by atoms with Gasteiger partial charge in [0.15, 0.2) is 0 Å². The van der Waals surface area contributed by atoms with Crippen molar-refractivity contribution in [2.24, 2.45) is 5.92 Å². The molecular formula is C25H33Cl2N7O. The first-order valence-electron chi connectivity index (χ1n) is 11.8. The van der Waals surface area contributed by atoms with Crippen LogP contribution in [0.5, 0.6) is 0 Å². The molecule has 7 rings (SSSR count). The van der Waals surface area contributed by atoms with Crippen molar-refractivity contribution in [3.8, 4) is 0 Å².